The van der Waals surface area contributed by atoms with Crippen molar-refractivity contribution >= 4 is 62.7 Å². The van der Waals surface area contributed by atoms with Crippen LogP contribution in [0.5, 0.6) is 5.75 Å². The van der Waals surface area contributed by atoms with E-state index in [4.69, 9.17) is 0 Å². The van der Waals surface area contributed by atoms with Crippen molar-refractivity contribution < 1.29 is 14.7 Å². The van der Waals surface area contributed by atoms with E-state index in [1.165, 1.54) is 5.01 Å². The summed E-state index contributed by atoms with van der Waals surface area (Å²) >= 11 is 4.23. The number of carbonyl (C=O) groups is 2. The Morgan fingerprint density at radius 2 is 1.94 bits per heavy atom. The monoisotopic (exact) mass is 651 g/mol. The van der Waals surface area contributed by atoms with Crippen molar-refractivity contribution in [2.45, 2.75) is 12.6 Å². The third-order valence-electron chi connectivity index (χ3n) is 5.13. The van der Waals surface area contributed by atoms with Gasteiger partial charge in [-0.2, -0.15) is 0 Å². The number of fused-ring (bicyclic) bond motifs is 1. The third kappa shape index (κ3) is 4.33. The lowest BCUT2D eigenvalue weighted by Crippen LogP contribution is -2.53. The Morgan fingerprint density at radius 3 is 2.69 bits per heavy atom. The van der Waals surface area contributed by atoms with Gasteiger partial charge in [-0.1, -0.05) is 36.4 Å². The molecule has 0 aromatic heterocycles. The number of phenolic OH excluding ortho intramolecular Hbond substituents is 1. The molecule has 8 heteroatoms. The molecular formula is C24H19I2N3O3. The molecule has 0 radical (unpaired) electrons. The molecule has 0 bridgehead atoms. The quantitative estimate of drug-likeness (QED) is 0.261. The number of anilines is 1. The average Bonchev–Trinajstić information content (AvgIpc) is 2.78. The number of halogens is 2. The van der Waals surface area contributed by atoms with Crippen LogP contribution in [0.2, 0.25) is 0 Å². The molecule has 3 aromatic rings. The van der Waals surface area contributed by atoms with Crippen LogP contribution in [0.25, 0.3) is 0 Å². The predicted molar refractivity (Wildman–Crippen MR) is 140 cm³/mol. The molecule has 6 nitrogen and oxygen atoms in total. The second-order valence-electron chi connectivity index (χ2n) is 7.18. The molecule has 0 spiro atoms. The second kappa shape index (κ2) is 9.49. The van der Waals surface area contributed by atoms with E-state index in [-0.39, 0.29) is 11.7 Å². The Labute approximate surface area is 213 Å². The van der Waals surface area contributed by atoms with E-state index in [9.17, 15) is 14.7 Å². The fraction of sp³-hybridized carbons (Fsp3) is 0.0833. The summed E-state index contributed by atoms with van der Waals surface area (Å²) in [4.78, 5) is 26.6. The Kier molecular flexibility index (Phi) is 6.70. The van der Waals surface area contributed by atoms with E-state index in [1.54, 1.807) is 36.4 Å². The third-order valence-corrected chi connectivity index (χ3v) is 6.74. The van der Waals surface area contributed by atoms with Gasteiger partial charge < -0.3 is 10.4 Å². The van der Waals surface area contributed by atoms with Crippen molar-refractivity contribution in [2.24, 2.45) is 0 Å². The van der Waals surface area contributed by atoms with Gasteiger partial charge >= 0.3 is 0 Å². The van der Waals surface area contributed by atoms with Crippen molar-refractivity contribution in [3.63, 3.8) is 0 Å². The first-order valence-corrected chi connectivity index (χ1v) is 11.9. The lowest BCUT2D eigenvalue weighted by Gasteiger charge is -2.38. The number of rotatable bonds is 5. The van der Waals surface area contributed by atoms with Gasteiger partial charge in [-0.15, -0.1) is 6.58 Å². The van der Waals surface area contributed by atoms with Crippen LogP contribution < -0.4 is 10.7 Å². The first-order valence-electron chi connectivity index (χ1n) is 9.77. The first-order chi connectivity index (χ1) is 15.4. The molecule has 0 fully saturated rings. The highest BCUT2D eigenvalue weighted by molar-refractivity contribution is 14.1. The summed E-state index contributed by atoms with van der Waals surface area (Å²) < 4.78 is 1.66. The molecule has 3 N–H and O–H groups in total. The maximum atomic E-state index is 13.5. The fourth-order valence-electron chi connectivity index (χ4n) is 3.58. The van der Waals surface area contributed by atoms with E-state index in [0.717, 1.165) is 7.14 Å². The number of carbonyl (C=O) groups excluding carboxylic acids is 2. The van der Waals surface area contributed by atoms with Crippen LogP contribution in [0.3, 0.4) is 0 Å². The topological polar surface area (TPSA) is 81.7 Å². The molecule has 32 heavy (non-hydrogen) atoms. The minimum Gasteiger partial charge on any atom is -0.507 e. The zero-order chi connectivity index (χ0) is 22.8. The molecule has 162 valence electrons. The Hall–Kier alpha value is -2.60. The minimum absolute atomic E-state index is 0.0557. The van der Waals surface area contributed by atoms with Gasteiger partial charge in [-0.05, 0) is 87.5 Å². The van der Waals surface area contributed by atoms with Crippen molar-refractivity contribution in [1.82, 2.24) is 10.4 Å². The zero-order valence-electron chi connectivity index (χ0n) is 16.8. The number of aromatic hydroxyl groups is 1. The van der Waals surface area contributed by atoms with Gasteiger partial charge in [0.25, 0.3) is 11.8 Å². The molecule has 1 aliphatic heterocycles. The number of amides is 2. The SMILES string of the molecule is C=CCc1cccc(C2Nc3ccc(I)cc3C(=O)N2NC(=O)c2ccccc2I)c1O. The van der Waals surface area contributed by atoms with Crippen molar-refractivity contribution in [3.05, 3.63) is 103 Å². The van der Waals surface area contributed by atoms with Crippen molar-refractivity contribution in [3.8, 4) is 5.75 Å². The maximum Gasteiger partial charge on any atom is 0.276 e. The number of allylic oxidation sites excluding steroid dienone is 1. The van der Waals surface area contributed by atoms with Crippen LogP contribution in [0, 0.1) is 7.14 Å². The smallest absolute Gasteiger partial charge is 0.276 e. The number of hydrogen-bond acceptors (Lipinski definition) is 4. The van der Waals surface area contributed by atoms with E-state index >= 15 is 0 Å². The molecule has 0 saturated carbocycles. The molecule has 4 rings (SSSR count). The largest absolute Gasteiger partial charge is 0.507 e. The fourth-order valence-corrected chi connectivity index (χ4v) is 4.70. The van der Waals surface area contributed by atoms with Crippen molar-refractivity contribution in [1.29, 1.82) is 0 Å². The van der Waals surface area contributed by atoms with E-state index in [2.05, 4.69) is 62.5 Å². The Balaban J connectivity index is 1.79. The van der Waals surface area contributed by atoms with Gasteiger partial charge in [0.1, 0.15) is 5.75 Å². The van der Waals surface area contributed by atoms with Crippen LogP contribution >= 0.6 is 45.2 Å². The number of nitrogens with zero attached hydrogens (tertiary/aromatic N) is 1. The van der Waals surface area contributed by atoms with Gasteiger partial charge in [0, 0.05) is 18.4 Å². The molecule has 0 saturated heterocycles. The zero-order valence-corrected chi connectivity index (χ0v) is 21.1. The molecule has 0 aliphatic carbocycles. The van der Waals surface area contributed by atoms with Crippen molar-refractivity contribution in [2.75, 3.05) is 5.32 Å². The highest BCUT2D eigenvalue weighted by Gasteiger charge is 2.36. The molecule has 1 aliphatic rings. The highest BCUT2D eigenvalue weighted by atomic mass is 127. The Morgan fingerprint density at radius 1 is 1.16 bits per heavy atom. The number of hydrazine groups is 1. The number of phenols is 1. The molecule has 1 heterocycles. The van der Waals surface area contributed by atoms with E-state index in [0.29, 0.717) is 34.4 Å². The lowest BCUT2D eigenvalue weighted by atomic mass is 10.0. The summed E-state index contributed by atoms with van der Waals surface area (Å²) in [6.45, 7) is 3.74. The number of hydrogen-bond donors (Lipinski definition) is 3. The Bertz CT molecular complexity index is 1230. The van der Waals surface area contributed by atoms with Gasteiger partial charge in [-0.25, -0.2) is 5.01 Å². The summed E-state index contributed by atoms with van der Waals surface area (Å²) in [7, 11) is 0. The number of nitrogens with one attached hydrogen (secondary N) is 2. The maximum absolute atomic E-state index is 13.5. The lowest BCUT2D eigenvalue weighted by molar-refractivity contribution is 0.0488. The van der Waals surface area contributed by atoms with Crippen LogP contribution in [0.4, 0.5) is 5.69 Å². The van der Waals surface area contributed by atoms with Gasteiger partial charge in [0.05, 0.1) is 11.1 Å². The predicted octanol–water partition coefficient (Wildman–Crippen LogP) is 5.24. The van der Waals surface area contributed by atoms with Gasteiger partial charge in [0.2, 0.25) is 0 Å². The summed E-state index contributed by atoms with van der Waals surface area (Å²) in [6, 6.07) is 18.0. The number of para-hydroxylation sites is 1. The summed E-state index contributed by atoms with van der Waals surface area (Å²) in [5.74, 6) is -0.721. The molecule has 2 amide bonds. The second-order valence-corrected chi connectivity index (χ2v) is 9.59. The van der Waals surface area contributed by atoms with Crippen LogP contribution in [-0.4, -0.2) is 21.9 Å². The molecule has 1 unspecified atom stereocenters. The van der Waals surface area contributed by atoms with E-state index < -0.39 is 12.1 Å². The van der Waals surface area contributed by atoms with Gasteiger partial charge in [-0.3, -0.25) is 15.0 Å². The standard InChI is InChI=1S/C24H19I2N3O3/c1-2-6-14-7-5-9-17(21(14)30)22-27-20-12-11-15(25)13-18(20)24(32)29(22)28-23(31)16-8-3-4-10-19(16)26/h2-5,7-13,22,27,30H,1,6H2,(H,28,31). The first kappa shape index (κ1) is 22.6. The van der Waals surface area contributed by atoms with E-state index in [1.807, 2.05) is 30.3 Å². The van der Waals surface area contributed by atoms with Gasteiger partial charge in [0.15, 0.2) is 6.17 Å². The minimum atomic E-state index is -0.801. The summed E-state index contributed by atoms with van der Waals surface area (Å²) in [6.07, 6.45) is 1.38. The summed E-state index contributed by atoms with van der Waals surface area (Å²) in [5.41, 5.74) is 5.45. The van der Waals surface area contributed by atoms with Crippen LogP contribution in [-0.2, 0) is 6.42 Å². The highest BCUT2D eigenvalue weighted by Crippen LogP contribution is 2.37. The number of benzene rings is 3. The van der Waals surface area contributed by atoms with Crippen LogP contribution in [0.15, 0.2) is 73.3 Å². The summed E-state index contributed by atoms with van der Waals surface area (Å²) in [5, 5.41) is 15.5. The molecule has 1 atom stereocenters. The van der Waals surface area contributed by atoms with Crippen LogP contribution in [0.1, 0.15) is 38.0 Å². The molecule has 3 aromatic carbocycles. The molecular weight excluding hydrogens is 632 g/mol. The normalized spacial score (nSPS) is 15.0. The average molecular weight is 651 g/mol.